The van der Waals surface area contributed by atoms with Crippen molar-refractivity contribution < 1.29 is 4.79 Å². The topological polar surface area (TPSA) is 46.3 Å². The molecule has 1 aromatic carbocycles. The zero-order chi connectivity index (χ0) is 14.7. The number of carbonyl (C=O) groups is 1. The molecule has 0 spiro atoms. The molecule has 0 saturated carbocycles. The monoisotopic (exact) mass is 338 g/mol. The van der Waals surface area contributed by atoms with Gasteiger partial charge in [0, 0.05) is 28.3 Å². The largest absolute Gasteiger partial charge is 0.398 e. The third-order valence-electron chi connectivity index (χ3n) is 4.15. The molecule has 110 valence electrons. The summed E-state index contributed by atoms with van der Waals surface area (Å²) in [5.41, 5.74) is 8.28. The summed E-state index contributed by atoms with van der Waals surface area (Å²) in [6, 6.07) is 4.14. The van der Waals surface area contributed by atoms with Crippen molar-refractivity contribution in [1.29, 1.82) is 0 Å². The molecule has 1 saturated heterocycles. The first-order chi connectivity index (χ1) is 9.54. The van der Waals surface area contributed by atoms with Crippen LogP contribution in [0.4, 0.5) is 5.69 Å². The Morgan fingerprint density at radius 3 is 2.90 bits per heavy atom. The van der Waals surface area contributed by atoms with Gasteiger partial charge in [0.1, 0.15) is 0 Å². The lowest BCUT2D eigenvalue weighted by Gasteiger charge is -2.36. The normalized spacial score (nSPS) is 19.1. The molecule has 1 heterocycles. The minimum absolute atomic E-state index is 0.133. The van der Waals surface area contributed by atoms with E-state index in [1.165, 1.54) is 6.42 Å². The van der Waals surface area contributed by atoms with Crippen LogP contribution in [0.3, 0.4) is 0 Å². The summed E-state index contributed by atoms with van der Waals surface area (Å²) in [4.78, 5) is 14.9. The SMILES string of the molecule is CCCC1CCCCN1C(=O)c1cc(Br)cc(N)c1C. The van der Waals surface area contributed by atoms with Gasteiger partial charge in [-0.05, 0) is 50.3 Å². The van der Waals surface area contributed by atoms with Crippen molar-refractivity contribution in [2.45, 2.75) is 52.0 Å². The number of rotatable bonds is 3. The van der Waals surface area contributed by atoms with Crippen LogP contribution >= 0.6 is 15.9 Å². The van der Waals surface area contributed by atoms with Crippen LogP contribution in [0.25, 0.3) is 0 Å². The van der Waals surface area contributed by atoms with Gasteiger partial charge in [-0.3, -0.25) is 4.79 Å². The Hall–Kier alpha value is -1.03. The van der Waals surface area contributed by atoms with Crippen LogP contribution in [0.15, 0.2) is 16.6 Å². The molecule has 4 heteroatoms. The predicted octanol–water partition coefficient (Wildman–Crippen LogP) is 4.13. The van der Waals surface area contributed by atoms with Crippen molar-refractivity contribution in [3.8, 4) is 0 Å². The highest BCUT2D eigenvalue weighted by Crippen LogP contribution is 2.27. The fraction of sp³-hybridized carbons (Fsp3) is 0.562. The first kappa shape index (κ1) is 15.4. The van der Waals surface area contributed by atoms with Gasteiger partial charge in [0.25, 0.3) is 5.91 Å². The lowest BCUT2D eigenvalue weighted by atomic mass is 9.96. The predicted molar refractivity (Wildman–Crippen MR) is 86.9 cm³/mol. The summed E-state index contributed by atoms with van der Waals surface area (Å²) in [5.74, 6) is 0.133. The molecule has 1 amide bonds. The molecular weight excluding hydrogens is 316 g/mol. The third kappa shape index (κ3) is 3.17. The average Bonchev–Trinajstić information content (AvgIpc) is 2.43. The molecule has 2 N–H and O–H groups in total. The number of hydrogen-bond donors (Lipinski definition) is 1. The van der Waals surface area contributed by atoms with E-state index in [1.807, 2.05) is 19.1 Å². The van der Waals surface area contributed by atoms with Crippen molar-refractivity contribution in [2.75, 3.05) is 12.3 Å². The summed E-state index contributed by atoms with van der Waals surface area (Å²) in [7, 11) is 0. The number of likely N-dealkylation sites (tertiary alicyclic amines) is 1. The summed E-state index contributed by atoms with van der Waals surface area (Å²) >= 11 is 3.43. The number of halogens is 1. The minimum atomic E-state index is 0.133. The van der Waals surface area contributed by atoms with Crippen molar-refractivity contribution in [1.82, 2.24) is 4.90 Å². The van der Waals surface area contributed by atoms with Gasteiger partial charge in [-0.2, -0.15) is 0 Å². The molecule has 1 aliphatic rings. The maximum absolute atomic E-state index is 12.9. The molecule has 0 aromatic heterocycles. The molecule has 1 aliphatic heterocycles. The van der Waals surface area contributed by atoms with Gasteiger partial charge in [-0.15, -0.1) is 0 Å². The van der Waals surface area contributed by atoms with Crippen LogP contribution in [-0.4, -0.2) is 23.4 Å². The van der Waals surface area contributed by atoms with E-state index in [1.54, 1.807) is 0 Å². The van der Waals surface area contributed by atoms with Crippen LogP contribution in [0.5, 0.6) is 0 Å². The van der Waals surface area contributed by atoms with E-state index in [2.05, 4.69) is 27.8 Å². The van der Waals surface area contributed by atoms with E-state index in [9.17, 15) is 4.79 Å². The number of carbonyl (C=O) groups excluding carboxylic acids is 1. The van der Waals surface area contributed by atoms with Gasteiger partial charge in [0.2, 0.25) is 0 Å². The Morgan fingerprint density at radius 2 is 2.20 bits per heavy atom. The lowest BCUT2D eigenvalue weighted by Crippen LogP contribution is -2.43. The molecule has 1 unspecified atom stereocenters. The van der Waals surface area contributed by atoms with E-state index in [-0.39, 0.29) is 5.91 Å². The van der Waals surface area contributed by atoms with E-state index in [0.717, 1.165) is 47.8 Å². The standard InChI is InChI=1S/C16H23BrN2O/c1-3-6-13-7-4-5-8-19(13)16(20)14-9-12(17)10-15(18)11(14)2/h9-10,13H,3-8,18H2,1-2H3. The Bertz CT molecular complexity index is 499. The number of nitrogen functional groups attached to an aromatic ring is 1. The summed E-state index contributed by atoms with van der Waals surface area (Å²) in [6.07, 6.45) is 5.67. The van der Waals surface area contributed by atoms with E-state index < -0.39 is 0 Å². The molecule has 1 aromatic rings. The molecule has 0 aliphatic carbocycles. The van der Waals surface area contributed by atoms with E-state index >= 15 is 0 Å². The second kappa shape index (κ2) is 6.61. The fourth-order valence-electron chi connectivity index (χ4n) is 2.98. The molecule has 2 rings (SSSR count). The Morgan fingerprint density at radius 1 is 1.45 bits per heavy atom. The number of benzene rings is 1. The smallest absolute Gasteiger partial charge is 0.254 e. The molecule has 1 fully saturated rings. The van der Waals surface area contributed by atoms with Crippen molar-refractivity contribution in [2.24, 2.45) is 0 Å². The first-order valence-electron chi connectivity index (χ1n) is 7.41. The maximum Gasteiger partial charge on any atom is 0.254 e. The molecule has 3 nitrogen and oxygen atoms in total. The highest BCUT2D eigenvalue weighted by atomic mass is 79.9. The van der Waals surface area contributed by atoms with Crippen LogP contribution in [-0.2, 0) is 0 Å². The Labute approximate surface area is 129 Å². The molecule has 1 atom stereocenters. The van der Waals surface area contributed by atoms with Gasteiger partial charge in [-0.25, -0.2) is 0 Å². The van der Waals surface area contributed by atoms with Gasteiger partial charge >= 0.3 is 0 Å². The number of hydrogen-bond acceptors (Lipinski definition) is 2. The molecule has 0 radical (unpaired) electrons. The number of nitrogens with two attached hydrogens (primary N) is 1. The van der Waals surface area contributed by atoms with Gasteiger partial charge in [0.05, 0.1) is 0 Å². The Balaban J connectivity index is 2.29. The lowest BCUT2D eigenvalue weighted by molar-refractivity contribution is 0.0600. The zero-order valence-electron chi connectivity index (χ0n) is 12.3. The fourth-order valence-corrected chi connectivity index (χ4v) is 3.45. The van der Waals surface area contributed by atoms with Crippen LogP contribution in [0.1, 0.15) is 54.9 Å². The van der Waals surface area contributed by atoms with E-state index in [4.69, 9.17) is 5.73 Å². The van der Waals surface area contributed by atoms with Gasteiger partial charge in [0.15, 0.2) is 0 Å². The van der Waals surface area contributed by atoms with Gasteiger partial charge in [-0.1, -0.05) is 29.3 Å². The van der Waals surface area contributed by atoms with Crippen molar-refractivity contribution in [3.63, 3.8) is 0 Å². The number of nitrogens with zero attached hydrogens (tertiary/aromatic N) is 1. The minimum Gasteiger partial charge on any atom is -0.398 e. The highest BCUT2D eigenvalue weighted by Gasteiger charge is 2.28. The number of anilines is 1. The van der Waals surface area contributed by atoms with Gasteiger partial charge < -0.3 is 10.6 Å². The van der Waals surface area contributed by atoms with Crippen molar-refractivity contribution >= 4 is 27.5 Å². The summed E-state index contributed by atoms with van der Waals surface area (Å²) < 4.78 is 0.869. The van der Waals surface area contributed by atoms with Crippen molar-refractivity contribution in [3.05, 3.63) is 27.7 Å². The molecule has 0 bridgehead atoms. The molecular formula is C16H23BrN2O. The average molecular weight is 339 g/mol. The van der Waals surface area contributed by atoms with E-state index in [0.29, 0.717) is 11.7 Å². The quantitative estimate of drug-likeness (QED) is 0.842. The Kier molecular flexibility index (Phi) is 5.08. The van der Waals surface area contributed by atoms with Crippen LogP contribution in [0.2, 0.25) is 0 Å². The second-order valence-corrected chi connectivity index (χ2v) is 6.52. The molecule has 20 heavy (non-hydrogen) atoms. The third-order valence-corrected chi connectivity index (χ3v) is 4.61. The summed E-state index contributed by atoms with van der Waals surface area (Å²) in [6.45, 7) is 4.97. The number of piperidine rings is 1. The zero-order valence-corrected chi connectivity index (χ0v) is 13.9. The first-order valence-corrected chi connectivity index (χ1v) is 8.20. The highest BCUT2D eigenvalue weighted by molar-refractivity contribution is 9.10. The second-order valence-electron chi connectivity index (χ2n) is 5.60. The number of amides is 1. The van der Waals surface area contributed by atoms with Crippen LogP contribution < -0.4 is 5.73 Å². The summed E-state index contributed by atoms with van der Waals surface area (Å²) in [5, 5.41) is 0. The van der Waals surface area contributed by atoms with Crippen LogP contribution in [0, 0.1) is 6.92 Å². The maximum atomic E-state index is 12.9.